The number of piperidine rings is 1. The van der Waals surface area contributed by atoms with Crippen molar-refractivity contribution in [2.45, 2.75) is 57.5 Å². The predicted octanol–water partition coefficient (Wildman–Crippen LogP) is 3.56. The first-order chi connectivity index (χ1) is 10.8. The summed E-state index contributed by atoms with van der Waals surface area (Å²) >= 11 is 0. The molecule has 0 amide bonds. The van der Waals surface area contributed by atoms with E-state index in [1.165, 1.54) is 70.1 Å². The average molecular weight is 301 g/mol. The molecule has 122 valence electrons. The van der Waals surface area contributed by atoms with E-state index >= 15 is 0 Å². The van der Waals surface area contributed by atoms with Crippen LogP contribution in [0.5, 0.6) is 0 Å². The first-order valence-corrected chi connectivity index (χ1v) is 9.13. The van der Waals surface area contributed by atoms with Crippen molar-refractivity contribution in [1.82, 2.24) is 14.8 Å². The Morgan fingerprint density at radius 3 is 2.82 bits per heavy atom. The SMILES string of the molecule is CN(Cc1cccnc1)CC1CCCN(C2CCCCC2)C1. The first-order valence-electron chi connectivity index (χ1n) is 9.13. The van der Waals surface area contributed by atoms with Gasteiger partial charge in [0, 0.05) is 38.1 Å². The van der Waals surface area contributed by atoms with Gasteiger partial charge in [0.15, 0.2) is 0 Å². The van der Waals surface area contributed by atoms with Gasteiger partial charge in [0.05, 0.1) is 0 Å². The third-order valence-corrected chi connectivity index (χ3v) is 5.39. The van der Waals surface area contributed by atoms with Gasteiger partial charge in [-0.1, -0.05) is 25.3 Å². The second kappa shape index (κ2) is 8.07. The molecule has 0 N–H and O–H groups in total. The van der Waals surface area contributed by atoms with E-state index in [1.54, 1.807) is 0 Å². The van der Waals surface area contributed by atoms with Gasteiger partial charge < -0.3 is 9.80 Å². The fraction of sp³-hybridized carbons (Fsp3) is 0.737. The maximum Gasteiger partial charge on any atom is 0.0312 e. The zero-order chi connectivity index (χ0) is 15.2. The smallest absolute Gasteiger partial charge is 0.0312 e. The first kappa shape index (κ1) is 15.9. The summed E-state index contributed by atoms with van der Waals surface area (Å²) < 4.78 is 0. The maximum absolute atomic E-state index is 4.22. The lowest BCUT2D eigenvalue weighted by atomic mass is 9.90. The van der Waals surface area contributed by atoms with Crippen LogP contribution in [-0.2, 0) is 6.54 Å². The summed E-state index contributed by atoms with van der Waals surface area (Å²) in [4.78, 5) is 9.51. The number of pyridine rings is 1. The molecule has 1 aliphatic heterocycles. The number of likely N-dealkylation sites (tertiary alicyclic amines) is 1. The quantitative estimate of drug-likeness (QED) is 0.829. The third kappa shape index (κ3) is 4.53. The number of hydrogen-bond donors (Lipinski definition) is 0. The average Bonchev–Trinajstić information content (AvgIpc) is 2.57. The fourth-order valence-electron chi connectivity index (χ4n) is 4.33. The molecule has 3 nitrogen and oxygen atoms in total. The molecular weight excluding hydrogens is 270 g/mol. The number of rotatable bonds is 5. The van der Waals surface area contributed by atoms with Crippen LogP contribution in [0.25, 0.3) is 0 Å². The van der Waals surface area contributed by atoms with Crippen molar-refractivity contribution in [3.63, 3.8) is 0 Å². The monoisotopic (exact) mass is 301 g/mol. The Hall–Kier alpha value is -0.930. The highest BCUT2D eigenvalue weighted by molar-refractivity contribution is 5.07. The van der Waals surface area contributed by atoms with Crippen LogP contribution < -0.4 is 0 Å². The van der Waals surface area contributed by atoms with E-state index in [9.17, 15) is 0 Å². The summed E-state index contributed by atoms with van der Waals surface area (Å²) in [6.07, 6.45) is 13.9. The van der Waals surface area contributed by atoms with Crippen molar-refractivity contribution >= 4 is 0 Å². The van der Waals surface area contributed by atoms with Gasteiger partial charge in [-0.15, -0.1) is 0 Å². The molecule has 2 aliphatic rings. The largest absolute Gasteiger partial charge is 0.302 e. The Morgan fingerprint density at radius 1 is 1.18 bits per heavy atom. The maximum atomic E-state index is 4.22. The minimum atomic E-state index is 0.845. The molecule has 2 fully saturated rings. The topological polar surface area (TPSA) is 19.4 Å². The van der Waals surface area contributed by atoms with Crippen LogP contribution in [0.15, 0.2) is 24.5 Å². The van der Waals surface area contributed by atoms with Crippen molar-refractivity contribution in [2.24, 2.45) is 5.92 Å². The molecule has 1 aliphatic carbocycles. The van der Waals surface area contributed by atoms with Gasteiger partial charge >= 0.3 is 0 Å². The molecule has 0 bridgehead atoms. The molecule has 1 unspecified atom stereocenters. The molecule has 3 heteroatoms. The summed E-state index contributed by atoms with van der Waals surface area (Å²) in [5, 5.41) is 0. The van der Waals surface area contributed by atoms with Crippen LogP contribution in [0.2, 0.25) is 0 Å². The Morgan fingerprint density at radius 2 is 2.05 bits per heavy atom. The predicted molar refractivity (Wildman–Crippen MR) is 91.7 cm³/mol. The minimum Gasteiger partial charge on any atom is -0.302 e. The van der Waals surface area contributed by atoms with E-state index in [1.807, 2.05) is 18.5 Å². The standard InChI is InChI=1S/C19H31N3/c1-21(14-17-7-5-11-20-13-17)15-18-8-6-12-22(16-18)19-9-3-2-4-10-19/h5,7,11,13,18-19H,2-4,6,8-10,12,14-16H2,1H3. The van der Waals surface area contributed by atoms with Gasteiger partial charge in [0.2, 0.25) is 0 Å². The number of nitrogens with zero attached hydrogens (tertiary/aromatic N) is 3. The minimum absolute atomic E-state index is 0.845. The molecule has 0 aromatic carbocycles. The Kier molecular flexibility index (Phi) is 5.85. The van der Waals surface area contributed by atoms with Crippen LogP contribution in [0.4, 0.5) is 0 Å². The van der Waals surface area contributed by atoms with Gasteiger partial charge in [-0.2, -0.15) is 0 Å². The normalized spacial score (nSPS) is 24.7. The zero-order valence-corrected chi connectivity index (χ0v) is 14.1. The van der Waals surface area contributed by atoms with Crippen molar-refractivity contribution in [1.29, 1.82) is 0 Å². The second-order valence-electron chi connectivity index (χ2n) is 7.35. The van der Waals surface area contributed by atoms with Crippen molar-refractivity contribution in [3.8, 4) is 0 Å². The van der Waals surface area contributed by atoms with Gasteiger partial charge in [-0.05, 0) is 56.8 Å². The zero-order valence-electron chi connectivity index (χ0n) is 14.1. The Balaban J connectivity index is 1.47. The highest BCUT2D eigenvalue weighted by Gasteiger charge is 2.27. The third-order valence-electron chi connectivity index (χ3n) is 5.39. The van der Waals surface area contributed by atoms with E-state index in [-0.39, 0.29) is 0 Å². The molecule has 2 heterocycles. The summed E-state index contributed by atoms with van der Waals surface area (Å²) in [6.45, 7) is 4.90. The lowest BCUT2D eigenvalue weighted by Gasteiger charge is -2.41. The van der Waals surface area contributed by atoms with Crippen LogP contribution in [0.3, 0.4) is 0 Å². The van der Waals surface area contributed by atoms with Crippen LogP contribution in [0.1, 0.15) is 50.5 Å². The second-order valence-corrected chi connectivity index (χ2v) is 7.35. The molecule has 1 aromatic heterocycles. The van der Waals surface area contributed by atoms with Crippen LogP contribution >= 0.6 is 0 Å². The van der Waals surface area contributed by atoms with E-state index in [0.29, 0.717) is 0 Å². The molecule has 3 rings (SSSR count). The van der Waals surface area contributed by atoms with Crippen molar-refractivity contribution < 1.29 is 0 Å². The number of hydrogen-bond acceptors (Lipinski definition) is 3. The van der Waals surface area contributed by atoms with E-state index in [2.05, 4.69) is 27.9 Å². The van der Waals surface area contributed by atoms with Crippen molar-refractivity contribution in [2.75, 3.05) is 26.7 Å². The van der Waals surface area contributed by atoms with Crippen LogP contribution in [-0.4, -0.2) is 47.5 Å². The lowest BCUT2D eigenvalue weighted by molar-refractivity contribution is 0.0837. The van der Waals surface area contributed by atoms with E-state index in [4.69, 9.17) is 0 Å². The summed E-state index contributed by atoms with van der Waals surface area (Å²) in [7, 11) is 2.26. The molecule has 1 atom stereocenters. The summed E-state index contributed by atoms with van der Waals surface area (Å²) in [6, 6.07) is 5.10. The highest BCUT2D eigenvalue weighted by atomic mass is 15.2. The van der Waals surface area contributed by atoms with Gasteiger partial charge in [0.25, 0.3) is 0 Å². The van der Waals surface area contributed by atoms with Gasteiger partial charge in [0.1, 0.15) is 0 Å². The van der Waals surface area contributed by atoms with Crippen molar-refractivity contribution in [3.05, 3.63) is 30.1 Å². The van der Waals surface area contributed by atoms with Crippen LogP contribution in [0, 0.1) is 5.92 Å². The Labute approximate surface area is 135 Å². The van der Waals surface area contributed by atoms with E-state index in [0.717, 1.165) is 18.5 Å². The van der Waals surface area contributed by atoms with Gasteiger partial charge in [-0.25, -0.2) is 0 Å². The molecular formula is C19H31N3. The molecule has 0 spiro atoms. The molecule has 1 aromatic rings. The number of aromatic nitrogens is 1. The fourth-order valence-corrected chi connectivity index (χ4v) is 4.33. The Bertz CT molecular complexity index is 428. The highest BCUT2D eigenvalue weighted by Crippen LogP contribution is 2.27. The molecule has 1 saturated carbocycles. The molecule has 22 heavy (non-hydrogen) atoms. The molecule has 0 radical (unpaired) electrons. The van der Waals surface area contributed by atoms with Gasteiger partial charge in [-0.3, -0.25) is 4.98 Å². The lowest BCUT2D eigenvalue weighted by Crippen LogP contribution is -2.45. The summed E-state index contributed by atoms with van der Waals surface area (Å²) in [5.74, 6) is 0.845. The summed E-state index contributed by atoms with van der Waals surface area (Å²) in [5.41, 5.74) is 1.32. The van der Waals surface area contributed by atoms with E-state index < -0.39 is 0 Å². The molecule has 1 saturated heterocycles.